The molecule has 1 saturated heterocycles. The van der Waals surface area contributed by atoms with Gasteiger partial charge in [0.1, 0.15) is 0 Å². The molecule has 23 heavy (non-hydrogen) atoms. The summed E-state index contributed by atoms with van der Waals surface area (Å²) in [5.74, 6) is 1.29. The molecule has 1 aromatic heterocycles. The Morgan fingerprint density at radius 1 is 1.30 bits per heavy atom. The number of hydrogen-bond donors (Lipinski definition) is 0. The van der Waals surface area contributed by atoms with Crippen molar-refractivity contribution in [2.75, 3.05) is 12.3 Å². The maximum atomic E-state index is 12.7. The summed E-state index contributed by atoms with van der Waals surface area (Å²) in [5, 5.41) is 4.62. The SMILES string of the molecule is C[C@@H]1SCCN(C(=O)CCCn2cccn2)[C@@H]1c1ccccc1. The first kappa shape index (κ1) is 16.1. The van der Waals surface area contributed by atoms with Crippen LogP contribution in [0.5, 0.6) is 0 Å². The molecular weight excluding hydrogens is 306 g/mol. The summed E-state index contributed by atoms with van der Waals surface area (Å²) in [4.78, 5) is 14.8. The van der Waals surface area contributed by atoms with E-state index in [1.165, 1.54) is 5.56 Å². The number of amides is 1. The van der Waals surface area contributed by atoms with E-state index in [1.807, 2.05) is 34.8 Å². The second kappa shape index (κ2) is 7.68. The minimum atomic E-state index is 0.187. The van der Waals surface area contributed by atoms with E-state index in [0.29, 0.717) is 11.7 Å². The maximum absolute atomic E-state index is 12.7. The second-order valence-corrected chi connectivity index (χ2v) is 7.38. The lowest BCUT2D eigenvalue weighted by Crippen LogP contribution is -2.43. The highest BCUT2D eigenvalue weighted by Gasteiger charge is 2.32. The normalized spacial score (nSPS) is 21.3. The van der Waals surface area contributed by atoms with Crippen LogP contribution in [0.25, 0.3) is 0 Å². The topological polar surface area (TPSA) is 38.1 Å². The van der Waals surface area contributed by atoms with Crippen molar-refractivity contribution in [3.8, 4) is 0 Å². The van der Waals surface area contributed by atoms with Crippen molar-refractivity contribution in [1.29, 1.82) is 0 Å². The first-order valence-corrected chi connectivity index (χ1v) is 9.24. The van der Waals surface area contributed by atoms with E-state index in [0.717, 1.165) is 25.3 Å². The van der Waals surface area contributed by atoms with Crippen LogP contribution in [0.3, 0.4) is 0 Å². The largest absolute Gasteiger partial charge is 0.334 e. The Morgan fingerprint density at radius 2 is 2.13 bits per heavy atom. The average molecular weight is 329 g/mol. The van der Waals surface area contributed by atoms with E-state index < -0.39 is 0 Å². The molecule has 3 rings (SSSR count). The van der Waals surface area contributed by atoms with Crippen LogP contribution >= 0.6 is 11.8 Å². The molecule has 0 saturated carbocycles. The third kappa shape index (κ3) is 3.96. The molecule has 0 radical (unpaired) electrons. The first-order valence-electron chi connectivity index (χ1n) is 8.19. The summed E-state index contributed by atoms with van der Waals surface area (Å²) >= 11 is 1.96. The minimum Gasteiger partial charge on any atom is -0.334 e. The molecule has 0 spiro atoms. The number of carbonyl (C=O) groups excluding carboxylic acids is 1. The first-order chi connectivity index (χ1) is 11.3. The molecule has 0 bridgehead atoms. The highest BCUT2D eigenvalue weighted by molar-refractivity contribution is 8.00. The van der Waals surface area contributed by atoms with Crippen molar-refractivity contribution >= 4 is 17.7 Å². The Hall–Kier alpha value is -1.75. The number of rotatable bonds is 5. The lowest BCUT2D eigenvalue weighted by molar-refractivity contribution is -0.133. The minimum absolute atomic E-state index is 0.187. The van der Waals surface area contributed by atoms with Crippen molar-refractivity contribution in [2.24, 2.45) is 0 Å². The molecule has 1 fully saturated rings. The number of carbonyl (C=O) groups is 1. The van der Waals surface area contributed by atoms with Crippen LogP contribution in [-0.2, 0) is 11.3 Å². The van der Waals surface area contributed by atoms with E-state index >= 15 is 0 Å². The number of nitrogens with zero attached hydrogens (tertiary/aromatic N) is 3. The van der Waals surface area contributed by atoms with Crippen LogP contribution in [0.1, 0.15) is 31.4 Å². The quantitative estimate of drug-likeness (QED) is 0.844. The third-order valence-corrected chi connectivity index (χ3v) is 5.49. The van der Waals surface area contributed by atoms with Gasteiger partial charge in [-0.15, -0.1) is 0 Å². The molecule has 0 N–H and O–H groups in total. The predicted octanol–water partition coefficient (Wildman–Crippen LogP) is 3.37. The standard InChI is InChI=1S/C18H23N3OS/c1-15-18(16-7-3-2-4-8-16)21(13-14-23-15)17(22)9-5-11-20-12-6-10-19-20/h2-4,6-8,10,12,15,18H,5,9,11,13-14H2,1H3/t15-,18-/m0/s1. The van der Waals surface area contributed by atoms with Crippen molar-refractivity contribution in [3.05, 3.63) is 54.4 Å². The van der Waals surface area contributed by atoms with E-state index in [-0.39, 0.29) is 11.9 Å². The summed E-state index contributed by atoms with van der Waals surface area (Å²) in [7, 11) is 0. The van der Waals surface area contributed by atoms with E-state index in [9.17, 15) is 4.79 Å². The zero-order valence-electron chi connectivity index (χ0n) is 13.5. The molecule has 1 aliphatic rings. The van der Waals surface area contributed by atoms with Gasteiger partial charge in [0.25, 0.3) is 0 Å². The van der Waals surface area contributed by atoms with Crippen molar-refractivity contribution in [2.45, 2.75) is 37.6 Å². The van der Waals surface area contributed by atoms with Gasteiger partial charge >= 0.3 is 0 Å². The molecule has 0 unspecified atom stereocenters. The van der Waals surface area contributed by atoms with Gasteiger partial charge in [-0.05, 0) is 18.1 Å². The van der Waals surface area contributed by atoms with Gasteiger partial charge in [0.05, 0.1) is 6.04 Å². The lowest BCUT2D eigenvalue weighted by atomic mass is 10.0. The van der Waals surface area contributed by atoms with Gasteiger partial charge in [-0.25, -0.2) is 0 Å². The van der Waals surface area contributed by atoms with Gasteiger partial charge in [-0.3, -0.25) is 9.48 Å². The van der Waals surface area contributed by atoms with Gasteiger partial charge in [0.15, 0.2) is 0 Å². The number of benzene rings is 1. The molecule has 2 aromatic rings. The van der Waals surface area contributed by atoms with E-state index in [1.54, 1.807) is 6.20 Å². The maximum Gasteiger partial charge on any atom is 0.223 e. The summed E-state index contributed by atoms with van der Waals surface area (Å²) in [6, 6.07) is 12.5. The Bertz CT molecular complexity index is 614. The highest BCUT2D eigenvalue weighted by atomic mass is 32.2. The molecule has 2 heterocycles. The fourth-order valence-corrected chi connectivity index (χ4v) is 4.33. The Morgan fingerprint density at radius 3 is 2.87 bits per heavy atom. The van der Waals surface area contributed by atoms with Crippen LogP contribution < -0.4 is 0 Å². The summed E-state index contributed by atoms with van der Waals surface area (Å²) in [6.45, 7) is 3.87. The fourth-order valence-electron chi connectivity index (χ4n) is 3.17. The highest BCUT2D eigenvalue weighted by Crippen LogP contribution is 2.36. The molecular formula is C18H23N3OS. The zero-order valence-corrected chi connectivity index (χ0v) is 14.3. The Labute approximate surface area is 141 Å². The van der Waals surface area contributed by atoms with Gasteiger partial charge < -0.3 is 4.90 Å². The molecule has 1 aromatic carbocycles. The van der Waals surface area contributed by atoms with Gasteiger partial charge in [0, 0.05) is 42.9 Å². The van der Waals surface area contributed by atoms with Crippen LogP contribution in [0.2, 0.25) is 0 Å². The van der Waals surface area contributed by atoms with Crippen molar-refractivity contribution in [3.63, 3.8) is 0 Å². The smallest absolute Gasteiger partial charge is 0.223 e. The molecule has 1 amide bonds. The second-order valence-electron chi connectivity index (χ2n) is 5.89. The molecule has 1 aliphatic heterocycles. The summed E-state index contributed by atoms with van der Waals surface area (Å²) < 4.78 is 1.89. The number of aromatic nitrogens is 2. The average Bonchev–Trinajstić information content (AvgIpc) is 3.08. The fraction of sp³-hybridized carbons (Fsp3) is 0.444. The predicted molar refractivity (Wildman–Crippen MR) is 94.3 cm³/mol. The zero-order chi connectivity index (χ0) is 16.1. The molecule has 122 valence electrons. The van der Waals surface area contributed by atoms with E-state index in [2.05, 4.69) is 41.2 Å². The molecule has 2 atom stereocenters. The summed E-state index contributed by atoms with van der Waals surface area (Å²) in [5.41, 5.74) is 1.24. The Balaban J connectivity index is 1.64. The van der Waals surface area contributed by atoms with Crippen LogP contribution in [0.4, 0.5) is 0 Å². The monoisotopic (exact) mass is 329 g/mol. The van der Waals surface area contributed by atoms with E-state index in [4.69, 9.17) is 0 Å². The van der Waals surface area contributed by atoms with Gasteiger partial charge in [-0.1, -0.05) is 37.3 Å². The Kier molecular flexibility index (Phi) is 5.39. The lowest BCUT2D eigenvalue weighted by Gasteiger charge is -2.40. The van der Waals surface area contributed by atoms with Gasteiger partial charge in [-0.2, -0.15) is 16.9 Å². The number of aryl methyl sites for hydroxylation is 1. The van der Waals surface area contributed by atoms with Gasteiger partial charge in [0.2, 0.25) is 5.91 Å². The summed E-state index contributed by atoms with van der Waals surface area (Å²) in [6.07, 6.45) is 5.13. The number of thioether (sulfide) groups is 1. The van der Waals surface area contributed by atoms with Crippen molar-refractivity contribution in [1.82, 2.24) is 14.7 Å². The van der Waals surface area contributed by atoms with Crippen molar-refractivity contribution < 1.29 is 4.79 Å². The number of hydrogen-bond acceptors (Lipinski definition) is 3. The van der Waals surface area contributed by atoms with Crippen LogP contribution in [-0.4, -0.2) is 38.1 Å². The van der Waals surface area contributed by atoms with Crippen LogP contribution in [0, 0.1) is 0 Å². The molecule has 5 heteroatoms. The third-order valence-electron chi connectivity index (χ3n) is 4.29. The molecule has 0 aliphatic carbocycles. The molecule has 4 nitrogen and oxygen atoms in total. The van der Waals surface area contributed by atoms with Crippen LogP contribution in [0.15, 0.2) is 48.8 Å².